The van der Waals surface area contributed by atoms with E-state index in [0.717, 1.165) is 6.42 Å². The molecule has 2 heterocycles. The Morgan fingerprint density at radius 3 is 2.58 bits per heavy atom. The molecule has 2 aromatic rings. The molecule has 0 saturated carbocycles. The molecule has 0 spiro atoms. The van der Waals surface area contributed by atoms with Crippen LogP contribution in [-0.4, -0.2) is 42.5 Å². The maximum absolute atomic E-state index is 12.8. The number of esters is 1. The fourth-order valence-electron chi connectivity index (χ4n) is 2.81. The van der Waals surface area contributed by atoms with Crippen molar-refractivity contribution < 1.29 is 23.5 Å². The number of hydrogen-bond acceptors (Lipinski definition) is 5. The SMILES string of the molecule is CCOC(=O)c1ccc(N(CN2CCCC2=O)C(=O)c2ccco2)cc1. The number of carbonyl (C=O) groups is 3. The van der Waals surface area contributed by atoms with Crippen LogP contribution in [-0.2, 0) is 9.53 Å². The second-order valence-electron chi connectivity index (χ2n) is 5.88. The first-order valence-electron chi connectivity index (χ1n) is 8.50. The number of furan rings is 1. The van der Waals surface area contributed by atoms with E-state index < -0.39 is 5.97 Å². The molecule has 1 aromatic carbocycles. The van der Waals surface area contributed by atoms with Crippen LogP contribution < -0.4 is 4.90 Å². The van der Waals surface area contributed by atoms with Gasteiger partial charge < -0.3 is 14.1 Å². The zero-order valence-corrected chi connectivity index (χ0v) is 14.5. The summed E-state index contributed by atoms with van der Waals surface area (Å²) in [5.74, 6) is -0.562. The molecule has 136 valence electrons. The fourth-order valence-corrected chi connectivity index (χ4v) is 2.81. The van der Waals surface area contributed by atoms with Gasteiger partial charge in [0.2, 0.25) is 5.91 Å². The minimum Gasteiger partial charge on any atom is -0.462 e. The summed E-state index contributed by atoms with van der Waals surface area (Å²) < 4.78 is 10.2. The topological polar surface area (TPSA) is 80.1 Å². The van der Waals surface area contributed by atoms with Gasteiger partial charge in [0.25, 0.3) is 5.91 Å². The Balaban J connectivity index is 1.86. The van der Waals surface area contributed by atoms with Gasteiger partial charge >= 0.3 is 5.97 Å². The number of hydrogen-bond donors (Lipinski definition) is 0. The monoisotopic (exact) mass is 356 g/mol. The normalized spacial score (nSPS) is 13.7. The number of ether oxygens (including phenoxy) is 1. The van der Waals surface area contributed by atoms with E-state index in [9.17, 15) is 14.4 Å². The summed E-state index contributed by atoms with van der Waals surface area (Å²) in [6.07, 6.45) is 2.70. The van der Waals surface area contributed by atoms with Gasteiger partial charge in [0, 0.05) is 18.7 Å². The first-order valence-corrected chi connectivity index (χ1v) is 8.50. The number of benzene rings is 1. The largest absolute Gasteiger partial charge is 0.462 e. The van der Waals surface area contributed by atoms with Gasteiger partial charge in [-0.3, -0.25) is 14.5 Å². The molecule has 2 amide bonds. The van der Waals surface area contributed by atoms with Crippen LogP contribution in [0.5, 0.6) is 0 Å². The van der Waals surface area contributed by atoms with Gasteiger partial charge in [-0.1, -0.05) is 0 Å². The van der Waals surface area contributed by atoms with Crippen molar-refractivity contribution in [2.45, 2.75) is 19.8 Å². The lowest BCUT2D eigenvalue weighted by atomic mass is 10.2. The Morgan fingerprint density at radius 2 is 2.00 bits per heavy atom. The van der Waals surface area contributed by atoms with Crippen molar-refractivity contribution >= 4 is 23.5 Å². The Labute approximate surface area is 151 Å². The highest BCUT2D eigenvalue weighted by molar-refractivity contribution is 6.04. The maximum atomic E-state index is 12.8. The van der Waals surface area contributed by atoms with Crippen molar-refractivity contribution in [3.63, 3.8) is 0 Å². The van der Waals surface area contributed by atoms with Crippen molar-refractivity contribution in [1.29, 1.82) is 0 Å². The maximum Gasteiger partial charge on any atom is 0.338 e. The highest BCUT2D eigenvalue weighted by atomic mass is 16.5. The summed E-state index contributed by atoms with van der Waals surface area (Å²) in [5.41, 5.74) is 0.970. The van der Waals surface area contributed by atoms with Crippen LogP contribution in [0.4, 0.5) is 5.69 Å². The van der Waals surface area contributed by atoms with Crippen molar-refractivity contribution in [2.24, 2.45) is 0 Å². The second kappa shape index (κ2) is 7.86. The second-order valence-corrected chi connectivity index (χ2v) is 5.88. The van der Waals surface area contributed by atoms with Crippen LogP contribution in [0.15, 0.2) is 47.1 Å². The molecule has 1 aliphatic heterocycles. The van der Waals surface area contributed by atoms with Crippen LogP contribution >= 0.6 is 0 Å². The molecule has 1 saturated heterocycles. The molecule has 0 N–H and O–H groups in total. The van der Waals surface area contributed by atoms with Gasteiger partial charge in [-0.05, 0) is 49.7 Å². The molecule has 0 aliphatic carbocycles. The highest BCUT2D eigenvalue weighted by Gasteiger charge is 2.27. The van der Waals surface area contributed by atoms with E-state index in [1.165, 1.54) is 11.2 Å². The van der Waals surface area contributed by atoms with Crippen molar-refractivity contribution in [3.05, 3.63) is 54.0 Å². The van der Waals surface area contributed by atoms with Crippen LogP contribution in [0, 0.1) is 0 Å². The molecule has 26 heavy (non-hydrogen) atoms. The van der Waals surface area contributed by atoms with Crippen molar-refractivity contribution in [3.8, 4) is 0 Å². The van der Waals surface area contributed by atoms with E-state index in [1.807, 2.05) is 0 Å². The summed E-state index contributed by atoms with van der Waals surface area (Å²) in [6, 6.07) is 9.73. The number of likely N-dealkylation sites (tertiary alicyclic amines) is 1. The Hall–Kier alpha value is -3.09. The average molecular weight is 356 g/mol. The first kappa shape index (κ1) is 17.7. The van der Waals surface area contributed by atoms with Gasteiger partial charge in [0.1, 0.15) is 6.67 Å². The number of anilines is 1. The minimum absolute atomic E-state index is 0.0189. The van der Waals surface area contributed by atoms with E-state index >= 15 is 0 Å². The lowest BCUT2D eigenvalue weighted by Gasteiger charge is -2.27. The Bertz CT molecular complexity index is 783. The third kappa shape index (κ3) is 3.77. The van der Waals surface area contributed by atoms with E-state index in [0.29, 0.717) is 30.8 Å². The van der Waals surface area contributed by atoms with E-state index in [4.69, 9.17) is 9.15 Å². The molecular weight excluding hydrogens is 336 g/mol. The molecule has 1 fully saturated rings. The summed E-state index contributed by atoms with van der Waals surface area (Å²) in [4.78, 5) is 39.7. The van der Waals surface area contributed by atoms with E-state index in [-0.39, 0.29) is 24.2 Å². The summed E-state index contributed by atoms with van der Waals surface area (Å²) >= 11 is 0. The Kier molecular flexibility index (Phi) is 5.36. The summed E-state index contributed by atoms with van der Waals surface area (Å²) in [5, 5.41) is 0. The molecule has 1 aromatic heterocycles. The fraction of sp³-hybridized carbons (Fsp3) is 0.316. The van der Waals surface area contributed by atoms with Gasteiger partial charge in [-0.2, -0.15) is 0 Å². The smallest absolute Gasteiger partial charge is 0.338 e. The summed E-state index contributed by atoms with van der Waals surface area (Å²) in [7, 11) is 0. The molecule has 3 rings (SSSR count). The lowest BCUT2D eigenvalue weighted by molar-refractivity contribution is -0.127. The lowest BCUT2D eigenvalue weighted by Crippen LogP contribution is -2.42. The third-order valence-electron chi connectivity index (χ3n) is 4.15. The average Bonchev–Trinajstić information content (AvgIpc) is 3.32. The zero-order chi connectivity index (χ0) is 18.5. The molecule has 1 aliphatic rings. The Morgan fingerprint density at radius 1 is 1.23 bits per heavy atom. The zero-order valence-electron chi connectivity index (χ0n) is 14.5. The molecule has 7 heteroatoms. The predicted molar refractivity (Wildman–Crippen MR) is 93.7 cm³/mol. The number of amides is 2. The molecule has 0 bridgehead atoms. The number of carbonyl (C=O) groups excluding carboxylic acids is 3. The summed E-state index contributed by atoms with van der Waals surface area (Å²) in [6.45, 7) is 2.78. The van der Waals surface area contributed by atoms with Crippen LogP contribution in [0.2, 0.25) is 0 Å². The van der Waals surface area contributed by atoms with E-state index in [1.54, 1.807) is 48.2 Å². The number of nitrogens with zero attached hydrogens (tertiary/aromatic N) is 2. The van der Waals surface area contributed by atoms with Crippen molar-refractivity contribution in [1.82, 2.24) is 4.90 Å². The third-order valence-corrected chi connectivity index (χ3v) is 4.15. The number of rotatable bonds is 6. The highest BCUT2D eigenvalue weighted by Crippen LogP contribution is 2.21. The first-order chi connectivity index (χ1) is 12.6. The van der Waals surface area contributed by atoms with Crippen LogP contribution in [0.25, 0.3) is 0 Å². The molecule has 0 atom stereocenters. The van der Waals surface area contributed by atoms with Gasteiger partial charge in [-0.15, -0.1) is 0 Å². The molecular formula is C19H20N2O5. The van der Waals surface area contributed by atoms with Gasteiger partial charge in [0.15, 0.2) is 5.76 Å². The van der Waals surface area contributed by atoms with Crippen LogP contribution in [0.1, 0.15) is 40.7 Å². The molecule has 7 nitrogen and oxygen atoms in total. The molecule has 0 unspecified atom stereocenters. The van der Waals surface area contributed by atoms with E-state index in [2.05, 4.69) is 0 Å². The van der Waals surface area contributed by atoms with Crippen molar-refractivity contribution in [2.75, 3.05) is 24.7 Å². The minimum atomic E-state index is -0.419. The van der Waals surface area contributed by atoms with Crippen LogP contribution in [0.3, 0.4) is 0 Å². The van der Waals surface area contributed by atoms with Gasteiger partial charge in [0.05, 0.1) is 18.4 Å². The standard InChI is InChI=1S/C19H20N2O5/c1-2-25-19(24)14-7-9-15(10-8-14)21(13-20-11-3-6-17(20)22)18(23)16-5-4-12-26-16/h4-5,7-10,12H,2-3,6,11,13H2,1H3. The predicted octanol–water partition coefficient (Wildman–Crippen LogP) is 2.68. The quantitative estimate of drug-likeness (QED) is 0.744. The molecule has 0 radical (unpaired) electrons. The van der Waals surface area contributed by atoms with Gasteiger partial charge in [-0.25, -0.2) is 4.79 Å².